The highest BCUT2D eigenvalue weighted by molar-refractivity contribution is 7.80. The van der Waals surface area contributed by atoms with E-state index in [1.165, 1.54) is 128 Å². The van der Waals surface area contributed by atoms with Crippen LogP contribution in [0, 0.1) is 0 Å². The molecule has 0 saturated carbocycles. The number of thiol groups is 1. The Kier molecular flexibility index (Phi) is 37.6. The zero-order valence-corrected chi connectivity index (χ0v) is 29.2. The van der Waals surface area contributed by atoms with Gasteiger partial charge in [0.15, 0.2) is 6.29 Å². The van der Waals surface area contributed by atoms with Gasteiger partial charge >= 0.3 is 0 Å². The third-order valence-electron chi connectivity index (χ3n) is 7.66. The molecule has 0 spiro atoms. The minimum Gasteiger partial charge on any atom is -0.353 e. The van der Waals surface area contributed by atoms with Gasteiger partial charge in [-0.2, -0.15) is 12.6 Å². The SMILES string of the molecule is CCCCC/C=C\C/C=C\CCCCCCCCOC(CCS)OCCCCCCCC/C=C\C/C=C\CCCCC. The highest BCUT2D eigenvalue weighted by atomic mass is 32.1. The van der Waals surface area contributed by atoms with E-state index < -0.39 is 0 Å². The topological polar surface area (TPSA) is 18.5 Å². The summed E-state index contributed by atoms with van der Waals surface area (Å²) in [5.41, 5.74) is 0. The van der Waals surface area contributed by atoms with Crippen LogP contribution in [0.3, 0.4) is 0 Å². The summed E-state index contributed by atoms with van der Waals surface area (Å²) >= 11 is 4.40. The quantitative estimate of drug-likeness (QED) is 0.0341. The zero-order chi connectivity index (χ0) is 30.4. The predicted molar refractivity (Wildman–Crippen MR) is 193 cm³/mol. The van der Waals surface area contributed by atoms with Crippen LogP contribution < -0.4 is 0 Å². The van der Waals surface area contributed by atoms with Crippen LogP contribution in [0.25, 0.3) is 0 Å². The molecule has 0 rings (SSSR count). The molecule has 0 saturated heterocycles. The summed E-state index contributed by atoms with van der Waals surface area (Å²) in [6.07, 6.45) is 50.1. The second-order valence-electron chi connectivity index (χ2n) is 11.9. The molecule has 0 fully saturated rings. The third kappa shape index (κ3) is 35.4. The summed E-state index contributed by atoms with van der Waals surface area (Å²) in [4.78, 5) is 0. The second-order valence-corrected chi connectivity index (χ2v) is 12.3. The van der Waals surface area contributed by atoms with Gasteiger partial charge in [-0.25, -0.2) is 0 Å². The molecule has 0 atom stereocenters. The Morgan fingerprint density at radius 1 is 0.429 bits per heavy atom. The van der Waals surface area contributed by atoms with Gasteiger partial charge in [0.05, 0.1) is 0 Å². The van der Waals surface area contributed by atoms with E-state index in [4.69, 9.17) is 9.47 Å². The van der Waals surface area contributed by atoms with Gasteiger partial charge in [0.1, 0.15) is 0 Å². The van der Waals surface area contributed by atoms with Crippen molar-refractivity contribution in [1.29, 1.82) is 0 Å². The normalized spacial score (nSPS) is 12.5. The van der Waals surface area contributed by atoms with Crippen LogP contribution in [0.2, 0.25) is 0 Å². The lowest BCUT2D eigenvalue weighted by Crippen LogP contribution is -2.19. The molecule has 0 aliphatic carbocycles. The number of hydrogen-bond donors (Lipinski definition) is 1. The van der Waals surface area contributed by atoms with Gasteiger partial charge in [0, 0.05) is 19.6 Å². The van der Waals surface area contributed by atoms with Gasteiger partial charge in [-0.05, 0) is 82.8 Å². The van der Waals surface area contributed by atoms with Crippen molar-refractivity contribution >= 4 is 12.6 Å². The van der Waals surface area contributed by atoms with E-state index in [-0.39, 0.29) is 6.29 Å². The first-order valence-corrected chi connectivity index (χ1v) is 18.9. The Morgan fingerprint density at radius 2 is 0.762 bits per heavy atom. The van der Waals surface area contributed by atoms with Gasteiger partial charge in [-0.3, -0.25) is 0 Å². The molecule has 0 aromatic rings. The lowest BCUT2D eigenvalue weighted by Gasteiger charge is -2.18. The van der Waals surface area contributed by atoms with Crippen LogP contribution >= 0.6 is 12.6 Å². The molecule has 0 unspecified atom stereocenters. The van der Waals surface area contributed by atoms with Gasteiger partial charge < -0.3 is 9.47 Å². The van der Waals surface area contributed by atoms with Gasteiger partial charge in [0.25, 0.3) is 0 Å². The highest BCUT2D eigenvalue weighted by Gasteiger charge is 2.08. The maximum atomic E-state index is 6.03. The molecular weight excluding hydrogens is 532 g/mol. The first-order chi connectivity index (χ1) is 20.8. The van der Waals surface area contributed by atoms with Crippen molar-refractivity contribution in [3.8, 4) is 0 Å². The summed E-state index contributed by atoms with van der Waals surface area (Å²) < 4.78 is 12.1. The summed E-state index contributed by atoms with van der Waals surface area (Å²) in [6, 6.07) is 0. The van der Waals surface area contributed by atoms with Crippen LogP contribution in [-0.2, 0) is 9.47 Å². The fourth-order valence-corrected chi connectivity index (χ4v) is 5.14. The molecule has 0 aliphatic rings. The predicted octanol–water partition coefficient (Wildman–Crippen LogP) is 13.3. The maximum absolute atomic E-state index is 6.03. The van der Waals surface area contributed by atoms with E-state index in [0.717, 1.165) is 51.1 Å². The highest BCUT2D eigenvalue weighted by Crippen LogP contribution is 2.12. The first-order valence-electron chi connectivity index (χ1n) is 18.3. The molecule has 0 aromatic heterocycles. The minimum absolute atomic E-state index is 0.0709. The molecule has 246 valence electrons. The minimum atomic E-state index is -0.0709. The molecule has 42 heavy (non-hydrogen) atoms. The Hall–Kier alpha value is -0.770. The Morgan fingerprint density at radius 3 is 1.12 bits per heavy atom. The van der Waals surface area contributed by atoms with Crippen LogP contribution in [0.1, 0.15) is 174 Å². The molecule has 0 aliphatic heterocycles. The lowest BCUT2D eigenvalue weighted by molar-refractivity contribution is -0.144. The average molecular weight is 605 g/mol. The maximum Gasteiger partial charge on any atom is 0.158 e. The van der Waals surface area contributed by atoms with Crippen molar-refractivity contribution in [2.24, 2.45) is 0 Å². The van der Waals surface area contributed by atoms with E-state index in [1.54, 1.807) is 0 Å². The molecule has 0 heterocycles. The largest absolute Gasteiger partial charge is 0.353 e. The van der Waals surface area contributed by atoms with Gasteiger partial charge in [0.2, 0.25) is 0 Å². The number of ether oxygens (including phenoxy) is 2. The molecular formula is C39H72O2S. The molecule has 3 heteroatoms. The van der Waals surface area contributed by atoms with E-state index in [1.807, 2.05) is 0 Å². The van der Waals surface area contributed by atoms with Crippen molar-refractivity contribution in [2.75, 3.05) is 19.0 Å². The Balaban J connectivity index is 3.49. The Bertz CT molecular complexity index is 560. The lowest BCUT2D eigenvalue weighted by atomic mass is 10.1. The van der Waals surface area contributed by atoms with Crippen molar-refractivity contribution in [3.63, 3.8) is 0 Å². The summed E-state index contributed by atoms with van der Waals surface area (Å²) in [5.74, 6) is 0.818. The van der Waals surface area contributed by atoms with E-state index in [0.29, 0.717) is 0 Å². The molecule has 0 bridgehead atoms. The second kappa shape index (κ2) is 38.3. The van der Waals surface area contributed by atoms with E-state index in [9.17, 15) is 0 Å². The van der Waals surface area contributed by atoms with Gasteiger partial charge in [-0.1, -0.05) is 140 Å². The number of unbranched alkanes of at least 4 members (excludes halogenated alkanes) is 18. The smallest absolute Gasteiger partial charge is 0.158 e. The van der Waals surface area contributed by atoms with Crippen LogP contribution in [-0.4, -0.2) is 25.3 Å². The number of rotatable bonds is 34. The Labute approximate surface area is 269 Å². The van der Waals surface area contributed by atoms with Crippen molar-refractivity contribution < 1.29 is 9.47 Å². The van der Waals surface area contributed by atoms with Gasteiger partial charge in [-0.15, -0.1) is 0 Å². The first kappa shape index (κ1) is 41.2. The fourth-order valence-electron chi connectivity index (χ4n) is 4.93. The van der Waals surface area contributed by atoms with Crippen LogP contribution in [0.4, 0.5) is 0 Å². The number of allylic oxidation sites excluding steroid dienone is 8. The summed E-state index contributed by atoms with van der Waals surface area (Å²) in [5, 5.41) is 0. The molecule has 0 aromatic carbocycles. The van der Waals surface area contributed by atoms with Crippen LogP contribution in [0.15, 0.2) is 48.6 Å². The third-order valence-corrected chi connectivity index (χ3v) is 7.92. The van der Waals surface area contributed by atoms with Crippen molar-refractivity contribution in [3.05, 3.63) is 48.6 Å². The fraction of sp³-hybridized carbons (Fsp3) is 0.795. The summed E-state index contributed by atoms with van der Waals surface area (Å²) in [6.45, 7) is 6.16. The molecule has 2 nitrogen and oxygen atoms in total. The van der Waals surface area contributed by atoms with E-state index >= 15 is 0 Å². The monoisotopic (exact) mass is 605 g/mol. The van der Waals surface area contributed by atoms with Crippen LogP contribution in [0.5, 0.6) is 0 Å². The standard InChI is InChI=1S/C39H72O2S/c1-3-5-7-9-11-13-15-17-19-21-23-25-27-29-31-33-36-40-39(35-38-42)41-37-34-32-30-28-26-24-22-20-18-16-14-12-10-8-6-4-2/h11-14,17-20,39,42H,3-10,15-16,21-38H2,1-2H3/b13-11-,14-12-,19-17-,20-18-. The average Bonchev–Trinajstić information content (AvgIpc) is 3.00. The summed E-state index contributed by atoms with van der Waals surface area (Å²) in [7, 11) is 0. The molecule has 0 amide bonds. The zero-order valence-electron chi connectivity index (χ0n) is 28.3. The van der Waals surface area contributed by atoms with E-state index in [2.05, 4.69) is 75.1 Å². The van der Waals surface area contributed by atoms with Crippen molar-refractivity contribution in [2.45, 2.75) is 181 Å². The van der Waals surface area contributed by atoms with Crippen molar-refractivity contribution in [1.82, 2.24) is 0 Å². The molecule has 0 radical (unpaired) electrons. The molecule has 0 N–H and O–H groups in total. The number of hydrogen-bond acceptors (Lipinski definition) is 3.